The molecule has 5 rings (SSSR count). The van der Waals surface area contributed by atoms with Crippen molar-refractivity contribution >= 4 is 33.6 Å². The topological polar surface area (TPSA) is 162 Å². The Bertz CT molecular complexity index is 1760. The molecule has 0 radical (unpaired) electrons. The summed E-state index contributed by atoms with van der Waals surface area (Å²) >= 11 is 6.23. The number of rotatable bonds is 12. The van der Waals surface area contributed by atoms with E-state index in [1.807, 2.05) is 18.6 Å². The number of nitrogens with zero attached hydrogens (tertiary/aromatic N) is 6. The number of ether oxygens (including phenoxy) is 1. The molecule has 2 aliphatic rings. The van der Waals surface area contributed by atoms with Gasteiger partial charge in [0, 0.05) is 42.7 Å². The molecule has 1 aliphatic heterocycles. The number of aryl methyl sites for hydroxylation is 2. The second-order valence-corrected chi connectivity index (χ2v) is 14.6. The van der Waals surface area contributed by atoms with Crippen LogP contribution in [0.25, 0.3) is 5.82 Å². The molecular formula is C29H35ClF3N7O6S. The highest BCUT2D eigenvalue weighted by Gasteiger charge is 2.55. The number of hydrogen-bond donors (Lipinski definition) is 2. The first-order valence-corrected chi connectivity index (χ1v) is 16.8. The lowest BCUT2D eigenvalue weighted by molar-refractivity contribution is -0.151. The van der Waals surface area contributed by atoms with Crippen molar-refractivity contribution in [3.8, 4) is 11.7 Å². The number of sulfonamides is 1. The van der Waals surface area contributed by atoms with E-state index in [2.05, 4.69) is 15.2 Å². The number of carbonyl (C=O) groups is 2. The van der Waals surface area contributed by atoms with Crippen molar-refractivity contribution < 1.29 is 41.0 Å². The van der Waals surface area contributed by atoms with Gasteiger partial charge in [-0.2, -0.15) is 26.7 Å². The number of pyridine rings is 1. The average molecular weight is 702 g/mol. The molecule has 3 atom stereocenters. The minimum atomic E-state index is -4.37. The van der Waals surface area contributed by atoms with E-state index in [1.165, 1.54) is 44.7 Å². The fourth-order valence-electron chi connectivity index (χ4n) is 6.03. The summed E-state index contributed by atoms with van der Waals surface area (Å²) in [5.74, 6) is -2.20. The molecular weight excluding hydrogens is 667 g/mol. The molecule has 3 aromatic rings. The van der Waals surface area contributed by atoms with Gasteiger partial charge >= 0.3 is 12.3 Å². The molecule has 3 aromatic heterocycles. The molecule has 1 saturated carbocycles. The summed E-state index contributed by atoms with van der Waals surface area (Å²) in [5.41, 5.74) is -0.0838. The smallest absolute Gasteiger partial charge is 0.407 e. The fourth-order valence-corrected chi connectivity index (χ4v) is 7.26. The van der Waals surface area contributed by atoms with Crippen molar-refractivity contribution in [3.05, 3.63) is 46.9 Å². The van der Waals surface area contributed by atoms with Gasteiger partial charge in [0.2, 0.25) is 5.88 Å². The van der Waals surface area contributed by atoms with Crippen LogP contribution in [0.2, 0.25) is 5.15 Å². The molecule has 3 unspecified atom stereocenters. The van der Waals surface area contributed by atoms with Gasteiger partial charge in [0.15, 0.2) is 10.8 Å². The lowest BCUT2D eigenvalue weighted by atomic mass is 9.93. The minimum Gasteiger partial charge on any atom is -0.477 e. The highest BCUT2D eigenvalue weighted by Crippen LogP contribution is 2.51. The van der Waals surface area contributed by atoms with Crippen LogP contribution in [0.5, 0.6) is 5.88 Å². The molecule has 256 valence electrons. The Morgan fingerprint density at radius 2 is 1.94 bits per heavy atom. The SMILES string of the molecule is Cc1cc(S(=O)(=O)NC(=O)c2ccc(-n3ccc(OCCC4CC4C(F)(F)F)n3)nc2Cl)nn1CCCC1CN(C(=O)O)C(C)(C)C1. The van der Waals surface area contributed by atoms with Gasteiger partial charge in [-0.25, -0.2) is 19.2 Å². The van der Waals surface area contributed by atoms with E-state index in [0.29, 0.717) is 25.2 Å². The summed E-state index contributed by atoms with van der Waals surface area (Å²) in [6, 6.07) is 5.52. The number of aromatic nitrogens is 5. The molecule has 4 heterocycles. The molecule has 0 aromatic carbocycles. The maximum absolute atomic E-state index is 13.0. The van der Waals surface area contributed by atoms with Gasteiger partial charge in [-0.05, 0) is 76.8 Å². The Kier molecular flexibility index (Phi) is 9.52. The quantitative estimate of drug-likeness (QED) is 0.246. The monoisotopic (exact) mass is 701 g/mol. The molecule has 47 heavy (non-hydrogen) atoms. The summed E-state index contributed by atoms with van der Waals surface area (Å²) in [6.07, 6.45) is -1.15. The predicted octanol–water partition coefficient (Wildman–Crippen LogP) is 5.07. The van der Waals surface area contributed by atoms with Gasteiger partial charge in [0.1, 0.15) is 5.15 Å². The standard InChI is InChI=1S/C29H35ClF3N7O6S/c1-17-13-24(36-39(17)10-4-5-18-15-28(2,3)38(16-18)27(42)43)47(44,45)37-26(41)20-6-7-22(34-25(20)30)40-11-8-23(35-40)46-12-9-19-14-21(19)29(31,32)33/h6-8,11,13,18-19,21H,4-5,9-10,12,14-16H2,1-3H3,(H,37,41)(H,42,43). The molecule has 0 bridgehead atoms. The Morgan fingerprint density at radius 1 is 1.19 bits per heavy atom. The number of nitrogens with one attached hydrogen (secondary N) is 1. The second kappa shape index (κ2) is 13.0. The highest BCUT2D eigenvalue weighted by atomic mass is 35.5. The van der Waals surface area contributed by atoms with Gasteiger partial charge in [0.25, 0.3) is 15.9 Å². The van der Waals surface area contributed by atoms with Crippen molar-refractivity contribution in [2.45, 2.75) is 76.2 Å². The van der Waals surface area contributed by atoms with Gasteiger partial charge < -0.3 is 14.7 Å². The van der Waals surface area contributed by atoms with E-state index >= 15 is 0 Å². The first kappa shape index (κ1) is 34.5. The van der Waals surface area contributed by atoms with Crippen molar-refractivity contribution in [3.63, 3.8) is 0 Å². The minimum absolute atomic E-state index is 0.0696. The van der Waals surface area contributed by atoms with E-state index in [4.69, 9.17) is 16.3 Å². The van der Waals surface area contributed by atoms with Crippen molar-refractivity contribution in [2.75, 3.05) is 13.2 Å². The zero-order valence-corrected chi connectivity index (χ0v) is 27.4. The van der Waals surface area contributed by atoms with Crippen LogP contribution in [0.3, 0.4) is 0 Å². The van der Waals surface area contributed by atoms with E-state index in [9.17, 15) is 36.3 Å². The zero-order chi connectivity index (χ0) is 34.3. The number of carboxylic acid groups (broad SMARTS) is 1. The average Bonchev–Trinajstić information content (AvgIpc) is 3.26. The summed E-state index contributed by atoms with van der Waals surface area (Å²) < 4.78 is 74.4. The second-order valence-electron chi connectivity index (χ2n) is 12.6. The van der Waals surface area contributed by atoms with E-state index in [-0.39, 0.29) is 52.8 Å². The normalized spacial score (nSPS) is 20.7. The molecule has 2 fully saturated rings. The first-order chi connectivity index (χ1) is 21.9. The Labute approximate surface area is 274 Å². The Morgan fingerprint density at radius 3 is 2.57 bits per heavy atom. The van der Waals surface area contributed by atoms with Crippen LogP contribution < -0.4 is 9.46 Å². The maximum Gasteiger partial charge on any atom is 0.407 e. The van der Waals surface area contributed by atoms with Crippen LogP contribution >= 0.6 is 11.6 Å². The molecule has 2 N–H and O–H groups in total. The van der Waals surface area contributed by atoms with Gasteiger partial charge in [0.05, 0.1) is 18.1 Å². The molecule has 2 amide bonds. The van der Waals surface area contributed by atoms with Crippen LogP contribution in [0.1, 0.15) is 62.0 Å². The lowest BCUT2D eigenvalue weighted by Crippen LogP contribution is -2.41. The van der Waals surface area contributed by atoms with E-state index in [1.54, 1.807) is 6.92 Å². The number of carbonyl (C=O) groups excluding carboxylic acids is 1. The number of amides is 2. The molecule has 1 aliphatic carbocycles. The summed E-state index contributed by atoms with van der Waals surface area (Å²) in [4.78, 5) is 30.0. The molecule has 1 saturated heterocycles. The molecule has 18 heteroatoms. The first-order valence-electron chi connectivity index (χ1n) is 15.0. The molecule has 0 spiro atoms. The highest BCUT2D eigenvalue weighted by molar-refractivity contribution is 7.90. The Balaban J connectivity index is 1.14. The fraction of sp³-hybridized carbons (Fsp3) is 0.552. The third-order valence-electron chi connectivity index (χ3n) is 8.59. The Hall–Kier alpha value is -3.86. The molecule has 13 nitrogen and oxygen atoms in total. The van der Waals surface area contributed by atoms with Gasteiger partial charge in [-0.3, -0.25) is 9.48 Å². The van der Waals surface area contributed by atoms with Crippen LogP contribution in [0.4, 0.5) is 18.0 Å². The number of halogens is 4. The van der Waals surface area contributed by atoms with Crippen molar-refractivity contribution in [1.29, 1.82) is 0 Å². The van der Waals surface area contributed by atoms with Gasteiger partial charge in [-0.15, -0.1) is 5.10 Å². The van der Waals surface area contributed by atoms with Crippen LogP contribution in [0.15, 0.2) is 35.5 Å². The van der Waals surface area contributed by atoms with Crippen LogP contribution in [-0.2, 0) is 16.6 Å². The largest absolute Gasteiger partial charge is 0.477 e. The van der Waals surface area contributed by atoms with E-state index < -0.39 is 45.6 Å². The van der Waals surface area contributed by atoms with Gasteiger partial charge in [-0.1, -0.05) is 11.6 Å². The summed E-state index contributed by atoms with van der Waals surface area (Å²) in [5, 5.41) is 17.1. The third kappa shape index (κ3) is 8.00. The number of alkyl halides is 3. The van der Waals surface area contributed by atoms with Crippen LogP contribution in [0, 0.1) is 24.7 Å². The maximum atomic E-state index is 13.0. The number of hydrogen-bond acceptors (Lipinski definition) is 8. The zero-order valence-electron chi connectivity index (χ0n) is 25.9. The van der Waals surface area contributed by atoms with Crippen molar-refractivity contribution in [1.82, 2.24) is 34.2 Å². The lowest BCUT2D eigenvalue weighted by Gasteiger charge is -2.28. The predicted molar refractivity (Wildman–Crippen MR) is 162 cm³/mol. The third-order valence-corrected chi connectivity index (χ3v) is 10.1. The summed E-state index contributed by atoms with van der Waals surface area (Å²) in [7, 11) is -4.37. The number of likely N-dealkylation sites (tertiary alicyclic amines) is 1. The van der Waals surface area contributed by atoms with Crippen LogP contribution in [-0.4, -0.2) is 79.8 Å². The van der Waals surface area contributed by atoms with Crippen molar-refractivity contribution in [2.24, 2.45) is 17.8 Å². The van der Waals surface area contributed by atoms with E-state index in [0.717, 1.165) is 12.8 Å². The summed E-state index contributed by atoms with van der Waals surface area (Å²) in [6.45, 7) is 6.41.